The van der Waals surface area contributed by atoms with E-state index in [1.165, 1.54) is 0 Å². The largest absolute Gasteiger partial charge is 0.462 e. The number of hydrogen-bond acceptors (Lipinski definition) is 4. The Morgan fingerprint density at radius 3 is 2.35 bits per heavy atom. The molecule has 2 rings (SSSR count). The summed E-state index contributed by atoms with van der Waals surface area (Å²) >= 11 is 0. The van der Waals surface area contributed by atoms with Crippen LogP contribution in [0.5, 0.6) is 0 Å². The van der Waals surface area contributed by atoms with Gasteiger partial charge in [0, 0.05) is 6.54 Å². The van der Waals surface area contributed by atoms with Gasteiger partial charge >= 0.3 is 12.1 Å². The molecule has 1 aliphatic carbocycles. The van der Waals surface area contributed by atoms with Crippen molar-refractivity contribution in [3.63, 3.8) is 0 Å². The third-order valence-corrected chi connectivity index (χ3v) is 3.73. The van der Waals surface area contributed by atoms with E-state index in [1.807, 2.05) is 20.8 Å². The van der Waals surface area contributed by atoms with Gasteiger partial charge < -0.3 is 14.8 Å². The van der Waals surface area contributed by atoms with Crippen molar-refractivity contribution in [2.45, 2.75) is 46.3 Å². The van der Waals surface area contributed by atoms with E-state index >= 15 is 0 Å². The van der Waals surface area contributed by atoms with Crippen molar-refractivity contribution < 1.29 is 19.1 Å². The van der Waals surface area contributed by atoms with E-state index in [9.17, 15) is 9.59 Å². The summed E-state index contributed by atoms with van der Waals surface area (Å²) < 4.78 is 10.5. The molecule has 1 aromatic rings. The minimum atomic E-state index is -0.517. The van der Waals surface area contributed by atoms with Crippen LogP contribution in [-0.2, 0) is 16.0 Å². The molecule has 0 bridgehead atoms. The van der Waals surface area contributed by atoms with Crippen molar-refractivity contribution in [2.24, 2.45) is 11.8 Å². The van der Waals surface area contributed by atoms with Gasteiger partial charge in [-0.1, -0.05) is 19.1 Å². The Kier molecular flexibility index (Phi) is 5.29. The summed E-state index contributed by atoms with van der Waals surface area (Å²) in [6.45, 7) is 8.46. The zero-order chi connectivity index (χ0) is 17.0. The van der Waals surface area contributed by atoms with E-state index in [-0.39, 0.29) is 5.97 Å². The number of carbonyl (C=O) groups is 2. The van der Waals surface area contributed by atoms with Crippen LogP contribution < -0.4 is 5.32 Å². The van der Waals surface area contributed by atoms with Crippen LogP contribution in [0.3, 0.4) is 0 Å². The fraction of sp³-hybridized carbons (Fsp3) is 0.556. The van der Waals surface area contributed by atoms with Gasteiger partial charge in [0.15, 0.2) is 0 Å². The Bertz CT molecular complexity index is 559. The fourth-order valence-electron chi connectivity index (χ4n) is 2.14. The van der Waals surface area contributed by atoms with E-state index in [2.05, 4.69) is 12.2 Å². The molecule has 0 heterocycles. The van der Waals surface area contributed by atoms with Gasteiger partial charge in [-0.2, -0.15) is 0 Å². The highest BCUT2D eigenvalue weighted by Gasteiger charge is 2.33. The minimum absolute atomic E-state index is 0.296. The molecule has 1 saturated carbocycles. The van der Waals surface area contributed by atoms with Crippen LogP contribution in [0.25, 0.3) is 0 Å². The molecule has 0 spiro atoms. The van der Waals surface area contributed by atoms with Gasteiger partial charge in [-0.15, -0.1) is 0 Å². The topological polar surface area (TPSA) is 64.6 Å². The van der Waals surface area contributed by atoms with E-state index in [4.69, 9.17) is 9.47 Å². The number of rotatable bonds is 5. The maximum absolute atomic E-state index is 11.9. The van der Waals surface area contributed by atoms with Crippen molar-refractivity contribution in [2.75, 3.05) is 6.61 Å². The van der Waals surface area contributed by atoms with Crippen LogP contribution in [0, 0.1) is 11.8 Å². The summed E-state index contributed by atoms with van der Waals surface area (Å²) in [5.74, 6) is 0.899. The summed E-state index contributed by atoms with van der Waals surface area (Å²) in [7, 11) is 0. The summed E-state index contributed by atoms with van der Waals surface area (Å²) in [6.07, 6.45) is 0.683. The molecule has 0 saturated heterocycles. The molecule has 126 valence electrons. The number of carbonyl (C=O) groups excluding carboxylic acids is 2. The second-order valence-electron chi connectivity index (χ2n) is 7.12. The molecule has 0 aromatic heterocycles. The van der Waals surface area contributed by atoms with Crippen LogP contribution in [0.1, 0.15) is 50.0 Å². The van der Waals surface area contributed by atoms with E-state index in [0.717, 1.165) is 12.0 Å². The highest BCUT2D eigenvalue weighted by Crippen LogP contribution is 2.37. The standard InChI is InChI=1S/C18H25NO4/c1-12-9-15(12)11-22-16(20)14-7-5-13(6-8-14)10-19-17(21)23-18(2,3)4/h5-8,12,15H,9-11H2,1-4H3,(H,19,21). The third-order valence-electron chi connectivity index (χ3n) is 3.73. The average molecular weight is 319 g/mol. The molecule has 1 amide bonds. The predicted octanol–water partition coefficient (Wildman–Crippen LogP) is 3.52. The lowest BCUT2D eigenvalue weighted by Crippen LogP contribution is -2.32. The van der Waals surface area contributed by atoms with Gasteiger partial charge in [-0.25, -0.2) is 9.59 Å². The Morgan fingerprint density at radius 1 is 1.22 bits per heavy atom. The molecule has 2 atom stereocenters. The highest BCUT2D eigenvalue weighted by molar-refractivity contribution is 5.89. The van der Waals surface area contributed by atoms with Gasteiger partial charge in [-0.3, -0.25) is 0 Å². The molecule has 0 radical (unpaired) electrons. The molecular weight excluding hydrogens is 294 g/mol. The molecular formula is C18H25NO4. The van der Waals surface area contributed by atoms with Crippen LogP contribution in [-0.4, -0.2) is 24.3 Å². The second-order valence-corrected chi connectivity index (χ2v) is 7.12. The normalized spacial score (nSPS) is 19.8. The van der Waals surface area contributed by atoms with Crippen molar-refractivity contribution in [1.29, 1.82) is 0 Å². The molecule has 2 unspecified atom stereocenters. The van der Waals surface area contributed by atoms with Crippen LogP contribution in [0.4, 0.5) is 4.79 Å². The molecule has 1 N–H and O–H groups in total. The van der Waals surface area contributed by atoms with E-state index < -0.39 is 11.7 Å². The molecule has 1 aliphatic rings. The lowest BCUT2D eigenvalue weighted by Gasteiger charge is -2.19. The lowest BCUT2D eigenvalue weighted by molar-refractivity contribution is 0.0478. The summed E-state index contributed by atoms with van der Waals surface area (Å²) in [5.41, 5.74) is 0.902. The van der Waals surface area contributed by atoms with Crippen LogP contribution in [0.15, 0.2) is 24.3 Å². The molecule has 1 fully saturated rings. The van der Waals surface area contributed by atoms with Crippen LogP contribution in [0.2, 0.25) is 0 Å². The Morgan fingerprint density at radius 2 is 1.83 bits per heavy atom. The number of amides is 1. The zero-order valence-electron chi connectivity index (χ0n) is 14.2. The quantitative estimate of drug-likeness (QED) is 0.843. The monoisotopic (exact) mass is 319 g/mol. The summed E-state index contributed by atoms with van der Waals surface area (Å²) in [5, 5.41) is 2.68. The Labute approximate surface area is 137 Å². The molecule has 0 aliphatic heterocycles. The molecule has 23 heavy (non-hydrogen) atoms. The zero-order valence-corrected chi connectivity index (χ0v) is 14.2. The maximum Gasteiger partial charge on any atom is 0.407 e. The fourth-order valence-corrected chi connectivity index (χ4v) is 2.14. The highest BCUT2D eigenvalue weighted by atomic mass is 16.6. The molecule has 5 nitrogen and oxygen atoms in total. The van der Waals surface area contributed by atoms with Crippen LogP contribution >= 0.6 is 0 Å². The van der Waals surface area contributed by atoms with Gasteiger partial charge in [-0.05, 0) is 56.7 Å². The predicted molar refractivity (Wildman–Crippen MR) is 87.1 cm³/mol. The van der Waals surface area contributed by atoms with Crippen molar-refractivity contribution >= 4 is 12.1 Å². The molecule has 5 heteroatoms. The van der Waals surface area contributed by atoms with Gasteiger partial charge in [0.05, 0.1) is 12.2 Å². The first-order chi connectivity index (χ1) is 10.7. The number of esters is 1. The number of benzene rings is 1. The average Bonchev–Trinajstić information content (AvgIpc) is 3.17. The lowest BCUT2D eigenvalue weighted by atomic mass is 10.1. The molecule has 1 aromatic carbocycles. The SMILES string of the molecule is CC1CC1COC(=O)c1ccc(CNC(=O)OC(C)(C)C)cc1. The first-order valence-electron chi connectivity index (χ1n) is 7.97. The smallest absolute Gasteiger partial charge is 0.407 e. The van der Waals surface area contributed by atoms with Crippen molar-refractivity contribution in [3.8, 4) is 0 Å². The minimum Gasteiger partial charge on any atom is -0.462 e. The van der Waals surface area contributed by atoms with Crippen molar-refractivity contribution in [1.82, 2.24) is 5.32 Å². The number of alkyl carbamates (subject to hydrolysis) is 1. The van der Waals surface area contributed by atoms with Gasteiger partial charge in [0.2, 0.25) is 0 Å². The van der Waals surface area contributed by atoms with Gasteiger partial charge in [0.25, 0.3) is 0 Å². The second kappa shape index (κ2) is 7.02. The Hall–Kier alpha value is -2.04. The number of hydrogen-bond donors (Lipinski definition) is 1. The summed E-state index contributed by atoms with van der Waals surface area (Å²) in [4.78, 5) is 23.5. The number of ether oxygens (including phenoxy) is 2. The van der Waals surface area contributed by atoms with E-state index in [0.29, 0.717) is 30.6 Å². The Balaban J connectivity index is 1.77. The van der Waals surface area contributed by atoms with Gasteiger partial charge in [0.1, 0.15) is 5.60 Å². The third kappa shape index (κ3) is 5.93. The summed E-state index contributed by atoms with van der Waals surface area (Å²) in [6, 6.07) is 7.02. The first kappa shape index (κ1) is 17.3. The van der Waals surface area contributed by atoms with Crippen molar-refractivity contribution in [3.05, 3.63) is 35.4 Å². The van der Waals surface area contributed by atoms with E-state index in [1.54, 1.807) is 24.3 Å². The first-order valence-corrected chi connectivity index (χ1v) is 7.97. The maximum atomic E-state index is 11.9. The number of nitrogens with one attached hydrogen (secondary N) is 1.